The first kappa shape index (κ1) is 55.5. The van der Waals surface area contributed by atoms with Gasteiger partial charge in [-0.3, -0.25) is 9.59 Å². The third kappa shape index (κ3) is 39.7. The molecule has 0 fully saturated rings. The van der Waals surface area contributed by atoms with Crippen molar-refractivity contribution < 1.29 is 38.2 Å². The van der Waals surface area contributed by atoms with Gasteiger partial charge < -0.3 is 28.6 Å². The molecule has 59 heavy (non-hydrogen) atoms. The summed E-state index contributed by atoms with van der Waals surface area (Å²) in [7, 11) is 5.37. The number of hydrogen-bond acceptors (Lipinski definition) is 7. The molecule has 0 aromatic carbocycles. The molecule has 0 saturated carbocycles. The standard InChI is InChI=1S/C51H85NO7/c1-6-8-10-12-14-16-18-20-22-24-25-26-28-30-32-34-36-38-40-42-50(54)59-47(45-57-44-43-48(51(55)56)52(3,4)5)46-58-49(53)41-39-37-35-33-31-29-27-23-21-19-17-15-13-11-9-7-2/h8,10,14,16,20,22-23,25-27,30,32,36,38,47-48H,6-7,9,11-13,15,17-19,21,24,28-29,31,33-35,37,39-46H2,1-5H3/b10-8+,16-14+,22-20+,26-25+,27-23+,32-30+,38-36+. The Hall–Kier alpha value is -3.49. The van der Waals surface area contributed by atoms with Crippen LogP contribution in [0.5, 0.6) is 0 Å². The van der Waals surface area contributed by atoms with Crippen LogP contribution in [0.4, 0.5) is 0 Å². The Morgan fingerprint density at radius 2 is 0.983 bits per heavy atom. The van der Waals surface area contributed by atoms with E-state index in [1.165, 1.54) is 57.8 Å². The Bertz CT molecular complexity index is 1240. The predicted octanol–water partition coefficient (Wildman–Crippen LogP) is 11.6. The summed E-state index contributed by atoms with van der Waals surface area (Å²) in [6, 6.07) is -0.744. The van der Waals surface area contributed by atoms with E-state index in [0.717, 1.165) is 70.6 Å². The summed E-state index contributed by atoms with van der Waals surface area (Å²) in [5, 5.41) is 11.6. The third-order valence-corrected chi connectivity index (χ3v) is 9.78. The van der Waals surface area contributed by atoms with Crippen molar-refractivity contribution in [3.05, 3.63) is 85.1 Å². The van der Waals surface area contributed by atoms with Gasteiger partial charge in [0.25, 0.3) is 0 Å². The predicted molar refractivity (Wildman–Crippen MR) is 245 cm³/mol. The molecule has 336 valence electrons. The topological polar surface area (TPSA) is 102 Å². The number of esters is 2. The van der Waals surface area contributed by atoms with Crippen LogP contribution in [-0.4, -0.2) is 75.5 Å². The van der Waals surface area contributed by atoms with Gasteiger partial charge in [-0.1, -0.05) is 157 Å². The minimum atomic E-state index is -1.14. The molecule has 0 amide bonds. The summed E-state index contributed by atoms with van der Waals surface area (Å²) in [5.74, 6) is -1.86. The Balaban J connectivity index is 4.48. The van der Waals surface area contributed by atoms with Crippen molar-refractivity contribution in [1.82, 2.24) is 0 Å². The van der Waals surface area contributed by atoms with Gasteiger partial charge >= 0.3 is 11.9 Å². The molecule has 0 aliphatic carbocycles. The van der Waals surface area contributed by atoms with Crippen molar-refractivity contribution >= 4 is 17.9 Å². The van der Waals surface area contributed by atoms with Crippen LogP contribution >= 0.6 is 0 Å². The Kier molecular flexibility index (Phi) is 38.8. The molecular weight excluding hydrogens is 739 g/mol. The Labute approximate surface area is 361 Å². The van der Waals surface area contributed by atoms with E-state index in [0.29, 0.717) is 12.8 Å². The van der Waals surface area contributed by atoms with Crippen LogP contribution in [0.15, 0.2) is 85.1 Å². The lowest BCUT2D eigenvalue weighted by atomic mass is 10.1. The number of carboxylic acid groups (broad SMARTS) is 1. The average molecular weight is 824 g/mol. The van der Waals surface area contributed by atoms with Crippen LogP contribution in [-0.2, 0) is 28.6 Å². The first-order valence-electron chi connectivity index (χ1n) is 23.1. The maximum Gasteiger partial charge on any atom is 0.306 e. The molecular formula is C51H85NO7. The van der Waals surface area contributed by atoms with Crippen molar-refractivity contribution in [3.8, 4) is 0 Å². The number of carboxylic acids is 1. The van der Waals surface area contributed by atoms with Crippen LogP contribution < -0.4 is 5.11 Å². The van der Waals surface area contributed by atoms with Crippen LogP contribution in [0, 0.1) is 0 Å². The first-order chi connectivity index (χ1) is 28.6. The second-order valence-electron chi connectivity index (χ2n) is 16.3. The minimum absolute atomic E-state index is 0.00331. The van der Waals surface area contributed by atoms with Crippen molar-refractivity contribution in [2.75, 3.05) is 41.0 Å². The highest BCUT2D eigenvalue weighted by atomic mass is 16.6. The number of carbonyl (C=O) groups excluding carboxylic acids is 3. The number of allylic oxidation sites excluding steroid dienone is 14. The van der Waals surface area contributed by atoms with Gasteiger partial charge in [0, 0.05) is 19.3 Å². The van der Waals surface area contributed by atoms with Crippen molar-refractivity contribution in [3.63, 3.8) is 0 Å². The summed E-state index contributed by atoms with van der Waals surface area (Å²) in [6.45, 7) is 4.44. The highest BCUT2D eigenvalue weighted by molar-refractivity contribution is 5.70. The van der Waals surface area contributed by atoms with Crippen molar-refractivity contribution in [1.29, 1.82) is 0 Å². The van der Waals surface area contributed by atoms with E-state index in [1.54, 1.807) is 21.1 Å². The van der Waals surface area contributed by atoms with Crippen LogP contribution in [0.2, 0.25) is 0 Å². The lowest BCUT2D eigenvalue weighted by Gasteiger charge is -2.34. The lowest BCUT2D eigenvalue weighted by Crippen LogP contribution is -2.55. The quantitative estimate of drug-likeness (QED) is 0.0262. The van der Waals surface area contributed by atoms with E-state index < -0.39 is 24.1 Å². The molecule has 8 heteroatoms. The van der Waals surface area contributed by atoms with E-state index in [1.807, 2.05) is 12.2 Å². The zero-order valence-electron chi connectivity index (χ0n) is 38.1. The van der Waals surface area contributed by atoms with Gasteiger partial charge in [0.1, 0.15) is 12.6 Å². The Morgan fingerprint density at radius 1 is 0.525 bits per heavy atom. The summed E-state index contributed by atoms with van der Waals surface area (Å²) < 4.78 is 17.1. The van der Waals surface area contributed by atoms with Gasteiger partial charge in [-0.25, -0.2) is 0 Å². The molecule has 0 aromatic heterocycles. The monoisotopic (exact) mass is 824 g/mol. The van der Waals surface area contributed by atoms with E-state index in [2.05, 4.69) is 86.8 Å². The number of unbranched alkanes of at least 4 members (excludes halogenated alkanes) is 12. The number of ether oxygens (including phenoxy) is 3. The fourth-order valence-corrected chi connectivity index (χ4v) is 6.21. The van der Waals surface area contributed by atoms with Crippen LogP contribution in [0.25, 0.3) is 0 Å². The number of carbonyl (C=O) groups is 3. The van der Waals surface area contributed by atoms with Crippen LogP contribution in [0.1, 0.15) is 168 Å². The number of nitrogens with zero attached hydrogens (tertiary/aromatic N) is 1. The van der Waals surface area contributed by atoms with Gasteiger partial charge in [0.2, 0.25) is 0 Å². The van der Waals surface area contributed by atoms with Crippen molar-refractivity contribution in [2.45, 2.75) is 180 Å². The van der Waals surface area contributed by atoms with Crippen LogP contribution in [0.3, 0.4) is 0 Å². The average Bonchev–Trinajstić information content (AvgIpc) is 3.19. The summed E-state index contributed by atoms with van der Waals surface area (Å²) in [4.78, 5) is 36.9. The molecule has 0 heterocycles. The normalized spacial score (nSPS) is 13.7. The molecule has 0 saturated heterocycles. The van der Waals surface area contributed by atoms with E-state index in [9.17, 15) is 19.5 Å². The molecule has 0 N–H and O–H groups in total. The van der Waals surface area contributed by atoms with Gasteiger partial charge in [0.05, 0.1) is 40.3 Å². The second-order valence-corrected chi connectivity index (χ2v) is 16.3. The van der Waals surface area contributed by atoms with Gasteiger partial charge in [0.15, 0.2) is 6.10 Å². The zero-order valence-corrected chi connectivity index (χ0v) is 38.1. The fourth-order valence-electron chi connectivity index (χ4n) is 6.21. The highest BCUT2D eigenvalue weighted by Crippen LogP contribution is 2.12. The minimum Gasteiger partial charge on any atom is -0.544 e. The smallest absolute Gasteiger partial charge is 0.306 e. The van der Waals surface area contributed by atoms with Gasteiger partial charge in [-0.05, 0) is 77.0 Å². The molecule has 0 aromatic rings. The molecule has 2 unspecified atom stereocenters. The maximum atomic E-state index is 12.7. The highest BCUT2D eigenvalue weighted by Gasteiger charge is 2.25. The number of hydrogen-bond donors (Lipinski definition) is 0. The Morgan fingerprint density at radius 3 is 1.47 bits per heavy atom. The SMILES string of the molecule is CC/C=C/C/C=C/C/C=C/C/C=C/C/C=C/C/C=C/CCC(=O)OC(COCCC(C(=O)[O-])[N+](C)(C)C)COC(=O)CCCCCCC/C=C/CCCCCCCCC. The molecule has 0 aliphatic heterocycles. The largest absolute Gasteiger partial charge is 0.544 e. The number of rotatable bonds is 40. The number of likely N-dealkylation sites (N-methyl/N-ethyl adjacent to an activating group) is 1. The molecule has 8 nitrogen and oxygen atoms in total. The van der Waals surface area contributed by atoms with Gasteiger partial charge in [-0.15, -0.1) is 0 Å². The lowest BCUT2D eigenvalue weighted by molar-refractivity contribution is -0.889. The molecule has 0 spiro atoms. The molecule has 2 atom stereocenters. The number of aliphatic carboxylic acids is 1. The third-order valence-electron chi connectivity index (χ3n) is 9.78. The van der Waals surface area contributed by atoms with E-state index in [4.69, 9.17) is 14.2 Å². The molecule has 0 radical (unpaired) electrons. The number of quaternary nitrogens is 1. The van der Waals surface area contributed by atoms with E-state index in [-0.39, 0.29) is 43.1 Å². The molecule has 0 bridgehead atoms. The summed E-state index contributed by atoms with van der Waals surface area (Å²) in [5.41, 5.74) is 0. The molecule has 0 rings (SSSR count). The fraction of sp³-hybridized carbons (Fsp3) is 0.667. The first-order valence-corrected chi connectivity index (χ1v) is 23.1. The molecule has 0 aliphatic rings. The summed E-state index contributed by atoms with van der Waals surface area (Å²) >= 11 is 0. The van der Waals surface area contributed by atoms with Gasteiger partial charge in [-0.2, -0.15) is 0 Å². The van der Waals surface area contributed by atoms with Crippen molar-refractivity contribution in [2.24, 2.45) is 0 Å². The van der Waals surface area contributed by atoms with E-state index >= 15 is 0 Å². The maximum absolute atomic E-state index is 12.7. The second kappa shape index (κ2) is 41.3. The summed E-state index contributed by atoms with van der Waals surface area (Å²) in [6.07, 6.45) is 53.4. The zero-order chi connectivity index (χ0) is 43.5.